The first-order valence-electron chi connectivity index (χ1n) is 8.20. The van der Waals surface area contributed by atoms with Crippen LogP contribution in [0.1, 0.15) is 18.0 Å². The van der Waals surface area contributed by atoms with Crippen molar-refractivity contribution in [2.24, 2.45) is 0 Å². The van der Waals surface area contributed by atoms with Gasteiger partial charge >= 0.3 is 0 Å². The maximum absolute atomic E-state index is 5.54. The molecule has 0 aliphatic rings. The molecule has 0 spiro atoms. The molecule has 1 heterocycles. The molecule has 1 aromatic heterocycles. The van der Waals surface area contributed by atoms with Gasteiger partial charge < -0.3 is 19.4 Å². The van der Waals surface area contributed by atoms with Crippen LogP contribution in [0, 0.1) is 0 Å². The zero-order chi connectivity index (χ0) is 16.9. The molecule has 0 aliphatic heterocycles. The fraction of sp³-hybridized carbons (Fsp3) is 0.300. The molecule has 3 aromatic rings. The highest BCUT2D eigenvalue weighted by molar-refractivity contribution is 5.88. The van der Waals surface area contributed by atoms with Crippen LogP contribution in [0.2, 0.25) is 0 Å². The molecule has 1 atom stereocenters. The summed E-state index contributed by atoms with van der Waals surface area (Å²) in [7, 11) is 5.37. The number of benzene rings is 2. The summed E-state index contributed by atoms with van der Waals surface area (Å²) in [5.41, 5.74) is 2.42. The van der Waals surface area contributed by atoms with Crippen LogP contribution in [-0.4, -0.2) is 32.4 Å². The molecule has 0 saturated carbocycles. The Morgan fingerprint density at radius 3 is 2.50 bits per heavy atom. The number of nitrogens with zero attached hydrogens (tertiary/aromatic N) is 1. The number of aromatic nitrogens is 1. The molecule has 2 aromatic carbocycles. The van der Waals surface area contributed by atoms with E-state index in [4.69, 9.17) is 9.47 Å². The standard InChI is InChI=1S/C20H24N2O2/c1-21-11-9-18(15-7-5-4-6-8-15)22-12-10-17-19(22)13-16(23-2)14-20(17)24-3/h4-8,10,12-14,18,21H,9,11H2,1-3H3. The zero-order valence-electron chi connectivity index (χ0n) is 14.5. The quantitative estimate of drug-likeness (QED) is 0.717. The Balaban J connectivity index is 2.13. The lowest BCUT2D eigenvalue weighted by atomic mass is 10.0. The van der Waals surface area contributed by atoms with Crippen LogP contribution in [0.4, 0.5) is 0 Å². The minimum Gasteiger partial charge on any atom is -0.497 e. The molecule has 1 unspecified atom stereocenters. The predicted octanol–water partition coefficient (Wildman–Crippen LogP) is 3.86. The Labute approximate surface area is 143 Å². The van der Waals surface area contributed by atoms with E-state index in [2.05, 4.69) is 58.5 Å². The molecule has 4 heteroatoms. The fourth-order valence-electron chi connectivity index (χ4n) is 3.18. The van der Waals surface area contributed by atoms with Crippen molar-refractivity contribution in [3.63, 3.8) is 0 Å². The molecule has 0 amide bonds. The molecule has 0 fully saturated rings. The molecular weight excluding hydrogens is 300 g/mol. The summed E-state index contributed by atoms with van der Waals surface area (Å²) in [5.74, 6) is 1.64. The average molecular weight is 324 g/mol. The second-order valence-electron chi connectivity index (χ2n) is 5.80. The highest BCUT2D eigenvalue weighted by Crippen LogP contribution is 2.35. The lowest BCUT2D eigenvalue weighted by Crippen LogP contribution is -2.17. The number of nitrogens with one attached hydrogen (secondary N) is 1. The lowest BCUT2D eigenvalue weighted by Gasteiger charge is -2.21. The van der Waals surface area contributed by atoms with Crippen LogP contribution >= 0.6 is 0 Å². The Morgan fingerprint density at radius 2 is 1.83 bits per heavy atom. The van der Waals surface area contributed by atoms with E-state index in [0.29, 0.717) is 0 Å². The molecular formula is C20H24N2O2. The van der Waals surface area contributed by atoms with Gasteiger partial charge in [-0.2, -0.15) is 0 Å². The number of methoxy groups -OCH3 is 2. The summed E-state index contributed by atoms with van der Waals surface area (Å²) in [6.45, 7) is 0.945. The van der Waals surface area contributed by atoms with Crippen molar-refractivity contribution in [1.82, 2.24) is 9.88 Å². The third-order valence-electron chi connectivity index (χ3n) is 4.42. The van der Waals surface area contributed by atoms with E-state index in [1.165, 1.54) is 5.56 Å². The zero-order valence-corrected chi connectivity index (χ0v) is 14.5. The van der Waals surface area contributed by atoms with Gasteiger partial charge in [0.2, 0.25) is 0 Å². The van der Waals surface area contributed by atoms with Crippen molar-refractivity contribution >= 4 is 10.9 Å². The third-order valence-corrected chi connectivity index (χ3v) is 4.42. The van der Waals surface area contributed by atoms with Crippen LogP contribution in [0.25, 0.3) is 10.9 Å². The summed E-state index contributed by atoms with van der Waals surface area (Å²) in [6.07, 6.45) is 3.14. The Hall–Kier alpha value is -2.46. The van der Waals surface area contributed by atoms with Gasteiger partial charge in [-0.15, -0.1) is 0 Å². The smallest absolute Gasteiger partial charge is 0.131 e. The van der Waals surface area contributed by atoms with Crippen molar-refractivity contribution in [2.75, 3.05) is 27.8 Å². The highest BCUT2D eigenvalue weighted by atomic mass is 16.5. The fourth-order valence-corrected chi connectivity index (χ4v) is 3.18. The van der Waals surface area contributed by atoms with Crippen LogP contribution in [0.3, 0.4) is 0 Å². The summed E-state index contributed by atoms with van der Waals surface area (Å²) in [5, 5.41) is 4.36. The van der Waals surface area contributed by atoms with Crippen LogP contribution in [-0.2, 0) is 0 Å². The lowest BCUT2D eigenvalue weighted by molar-refractivity contribution is 0.397. The van der Waals surface area contributed by atoms with E-state index in [9.17, 15) is 0 Å². The van der Waals surface area contributed by atoms with Crippen molar-refractivity contribution in [1.29, 1.82) is 0 Å². The van der Waals surface area contributed by atoms with Crippen molar-refractivity contribution in [2.45, 2.75) is 12.5 Å². The van der Waals surface area contributed by atoms with Crippen LogP contribution in [0.5, 0.6) is 11.5 Å². The first kappa shape index (κ1) is 16.4. The summed E-state index contributed by atoms with van der Waals surface area (Å²) < 4.78 is 13.3. The normalized spacial score (nSPS) is 12.3. The van der Waals surface area contributed by atoms with E-state index < -0.39 is 0 Å². The average Bonchev–Trinajstić information content (AvgIpc) is 3.06. The van der Waals surface area contributed by atoms with E-state index in [1.807, 2.05) is 13.1 Å². The molecule has 126 valence electrons. The Bertz CT molecular complexity index is 796. The number of fused-ring (bicyclic) bond motifs is 1. The van der Waals surface area contributed by atoms with Crippen molar-refractivity contribution < 1.29 is 9.47 Å². The predicted molar refractivity (Wildman–Crippen MR) is 98.2 cm³/mol. The second kappa shape index (κ2) is 7.41. The van der Waals surface area contributed by atoms with Gasteiger partial charge in [-0.3, -0.25) is 0 Å². The molecule has 24 heavy (non-hydrogen) atoms. The van der Waals surface area contributed by atoms with E-state index >= 15 is 0 Å². The summed E-state index contributed by atoms with van der Waals surface area (Å²) >= 11 is 0. The molecule has 1 N–H and O–H groups in total. The SMILES string of the molecule is CNCCC(c1ccccc1)n1ccc2c(OC)cc(OC)cc21. The Morgan fingerprint density at radius 1 is 1.04 bits per heavy atom. The van der Waals surface area contributed by atoms with Gasteiger partial charge in [0.25, 0.3) is 0 Å². The van der Waals surface area contributed by atoms with Gasteiger partial charge in [0, 0.05) is 23.7 Å². The summed E-state index contributed by atoms with van der Waals surface area (Å²) in [4.78, 5) is 0. The number of hydrogen-bond donors (Lipinski definition) is 1. The maximum atomic E-state index is 5.54. The monoisotopic (exact) mass is 324 g/mol. The van der Waals surface area contributed by atoms with E-state index in [1.54, 1.807) is 14.2 Å². The van der Waals surface area contributed by atoms with Crippen molar-refractivity contribution in [3.8, 4) is 11.5 Å². The van der Waals surface area contributed by atoms with Crippen LogP contribution < -0.4 is 14.8 Å². The van der Waals surface area contributed by atoms with Gasteiger partial charge in [-0.25, -0.2) is 0 Å². The second-order valence-corrected chi connectivity index (χ2v) is 5.80. The van der Waals surface area contributed by atoms with Crippen LogP contribution in [0.15, 0.2) is 54.7 Å². The molecule has 0 saturated heterocycles. The largest absolute Gasteiger partial charge is 0.497 e. The van der Waals surface area contributed by atoms with Gasteiger partial charge in [0.15, 0.2) is 0 Å². The first-order chi connectivity index (χ1) is 11.8. The number of ether oxygens (including phenoxy) is 2. The highest BCUT2D eigenvalue weighted by Gasteiger charge is 2.17. The van der Waals surface area contributed by atoms with Crippen molar-refractivity contribution in [3.05, 3.63) is 60.3 Å². The topological polar surface area (TPSA) is 35.4 Å². The molecule has 0 aliphatic carbocycles. The maximum Gasteiger partial charge on any atom is 0.131 e. The Kier molecular flexibility index (Phi) is 5.06. The molecule has 0 radical (unpaired) electrons. The third kappa shape index (κ3) is 3.10. The molecule has 0 bridgehead atoms. The van der Waals surface area contributed by atoms with Gasteiger partial charge in [-0.1, -0.05) is 30.3 Å². The van der Waals surface area contributed by atoms with Gasteiger partial charge in [0.1, 0.15) is 11.5 Å². The minimum atomic E-state index is 0.257. The van der Waals surface area contributed by atoms with Gasteiger partial charge in [0.05, 0.1) is 25.8 Å². The molecule has 4 nitrogen and oxygen atoms in total. The first-order valence-corrected chi connectivity index (χ1v) is 8.20. The number of rotatable bonds is 7. The molecule has 3 rings (SSSR count). The minimum absolute atomic E-state index is 0.257. The summed E-state index contributed by atoms with van der Waals surface area (Å²) in [6, 6.07) is 17.0. The van der Waals surface area contributed by atoms with E-state index in [0.717, 1.165) is 35.4 Å². The van der Waals surface area contributed by atoms with Gasteiger partial charge in [-0.05, 0) is 31.6 Å². The van der Waals surface area contributed by atoms with E-state index in [-0.39, 0.29) is 6.04 Å². The number of hydrogen-bond acceptors (Lipinski definition) is 3.